The van der Waals surface area contributed by atoms with Gasteiger partial charge in [0.1, 0.15) is 11.9 Å². The summed E-state index contributed by atoms with van der Waals surface area (Å²) in [6.07, 6.45) is 6.30. The number of rotatable bonds is 5. The summed E-state index contributed by atoms with van der Waals surface area (Å²) >= 11 is 0. The number of hydrogen-bond acceptors (Lipinski definition) is 3. The lowest BCUT2D eigenvalue weighted by Crippen LogP contribution is -2.35. The number of fused-ring (bicyclic) bond motifs is 1. The Kier molecular flexibility index (Phi) is 4.36. The van der Waals surface area contributed by atoms with Crippen LogP contribution in [-0.4, -0.2) is 31.9 Å². The van der Waals surface area contributed by atoms with E-state index >= 15 is 0 Å². The van der Waals surface area contributed by atoms with Crippen LogP contribution in [-0.2, 0) is 11.2 Å². The highest BCUT2D eigenvalue weighted by atomic mass is 16.5. The van der Waals surface area contributed by atoms with Crippen molar-refractivity contribution in [1.29, 1.82) is 0 Å². The second kappa shape index (κ2) is 6.40. The molecule has 0 aliphatic carbocycles. The molecule has 1 aromatic rings. The summed E-state index contributed by atoms with van der Waals surface area (Å²) in [5, 5.41) is 3.55. The molecule has 0 spiro atoms. The fraction of sp³-hybridized carbons (Fsp3) is 0.625. The van der Waals surface area contributed by atoms with Gasteiger partial charge in [0, 0.05) is 19.1 Å². The van der Waals surface area contributed by atoms with E-state index in [4.69, 9.17) is 9.47 Å². The van der Waals surface area contributed by atoms with Gasteiger partial charge in [-0.25, -0.2) is 0 Å². The number of piperidine rings is 1. The van der Waals surface area contributed by atoms with E-state index in [1.165, 1.54) is 31.4 Å². The van der Waals surface area contributed by atoms with Gasteiger partial charge < -0.3 is 14.8 Å². The van der Waals surface area contributed by atoms with Crippen LogP contribution in [0.15, 0.2) is 24.3 Å². The monoisotopic (exact) mass is 261 g/mol. The average Bonchev–Trinajstić information content (AvgIpc) is 2.87. The zero-order chi connectivity index (χ0) is 12.9. The Morgan fingerprint density at radius 3 is 3.05 bits per heavy atom. The molecule has 3 rings (SSSR count). The highest BCUT2D eigenvalue weighted by Gasteiger charge is 2.22. The van der Waals surface area contributed by atoms with Crippen molar-refractivity contribution in [3.8, 4) is 5.75 Å². The highest BCUT2D eigenvalue weighted by Crippen LogP contribution is 2.28. The van der Waals surface area contributed by atoms with Crippen LogP contribution in [0.5, 0.6) is 5.75 Å². The zero-order valence-corrected chi connectivity index (χ0v) is 11.4. The molecule has 0 saturated carbocycles. The molecule has 2 aliphatic heterocycles. The second-order valence-corrected chi connectivity index (χ2v) is 5.56. The molecule has 2 atom stereocenters. The normalized spacial score (nSPS) is 25.9. The summed E-state index contributed by atoms with van der Waals surface area (Å²) in [5.74, 6) is 1.03. The van der Waals surface area contributed by atoms with Crippen LogP contribution in [0.1, 0.15) is 31.2 Å². The lowest BCUT2D eigenvalue weighted by molar-refractivity contribution is 0.0545. The Bertz CT molecular complexity index is 376. The van der Waals surface area contributed by atoms with Crippen molar-refractivity contribution >= 4 is 0 Å². The van der Waals surface area contributed by atoms with E-state index in [9.17, 15) is 0 Å². The number of para-hydroxylation sites is 1. The molecule has 2 heterocycles. The summed E-state index contributed by atoms with van der Waals surface area (Å²) in [5.41, 5.74) is 1.31. The summed E-state index contributed by atoms with van der Waals surface area (Å²) in [6.45, 7) is 2.72. The lowest BCUT2D eigenvalue weighted by Gasteiger charge is -2.23. The van der Waals surface area contributed by atoms with Gasteiger partial charge in [-0.15, -0.1) is 0 Å². The summed E-state index contributed by atoms with van der Waals surface area (Å²) in [4.78, 5) is 0. The molecule has 1 N–H and O–H groups in total. The number of hydrogen-bond donors (Lipinski definition) is 1. The molecule has 1 fully saturated rings. The van der Waals surface area contributed by atoms with E-state index in [0.717, 1.165) is 25.2 Å². The van der Waals surface area contributed by atoms with Crippen molar-refractivity contribution in [2.75, 3.05) is 19.8 Å². The molecule has 2 unspecified atom stereocenters. The first-order valence-electron chi connectivity index (χ1n) is 7.47. The van der Waals surface area contributed by atoms with E-state index in [1.54, 1.807) is 0 Å². The van der Waals surface area contributed by atoms with E-state index in [1.807, 2.05) is 12.1 Å². The van der Waals surface area contributed by atoms with E-state index in [-0.39, 0.29) is 6.10 Å². The van der Waals surface area contributed by atoms with Crippen molar-refractivity contribution in [3.05, 3.63) is 29.8 Å². The topological polar surface area (TPSA) is 30.5 Å². The molecular weight excluding hydrogens is 238 g/mol. The van der Waals surface area contributed by atoms with Crippen LogP contribution in [0.3, 0.4) is 0 Å². The predicted octanol–water partition coefficient (Wildman–Crippen LogP) is 2.54. The van der Waals surface area contributed by atoms with Crippen LogP contribution in [0.2, 0.25) is 0 Å². The van der Waals surface area contributed by atoms with Crippen molar-refractivity contribution in [3.63, 3.8) is 0 Å². The first-order chi connectivity index (χ1) is 9.42. The van der Waals surface area contributed by atoms with Crippen molar-refractivity contribution in [2.45, 2.75) is 44.2 Å². The molecule has 1 saturated heterocycles. The van der Waals surface area contributed by atoms with Gasteiger partial charge in [0.05, 0.1) is 6.61 Å². The third-order valence-electron chi connectivity index (χ3n) is 4.04. The third kappa shape index (κ3) is 3.48. The third-order valence-corrected chi connectivity index (χ3v) is 4.04. The van der Waals surface area contributed by atoms with Gasteiger partial charge in [-0.3, -0.25) is 0 Å². The van der Waals surface area contributed by atoms with Crippen LogP contribution in [0.25, 0.3) is 0 Å². The molecule has 0 aromatic heterocycles. The Balaban J connectivity index is 1.33. The van der Waals surface area contributed by atoms with Gasteiger partial charge in [0.2, 0.25) is 0 Å². The van der Waals surface area contributed by atoms with Crippen molar-refractivity contribution < 1.29 is 9.47 Å². The molecule has 2 aliphatic rings. The summed E-state index contributed by atoms with van der Waals surface area (Å²) in [7, 11) is 0. The quantitative estimate of drug-likeness (QED) is 0.826. The maximum Gasteiger partial charge on any atom is 0.126 e. The molecule has 19 heavy (non-hydrogen) atoms. The molecule has 0 bridgehead atoms. The minimum Gasteiger partial charge on any atom is -0.487 e. The maximum absolute atomic E-state index is 5.86. The number of nitrogens with one attached hydrogen (secondary N) is 1. The Labute approximate surface area is 115 Å². The van der Waals surface area contributed by atoms with Gasteiger partial charge in [-0.1, -0.05) is 24.6 Å². The highest BCUT2D eigenvalue weighted by molar-refractivity contribution is 5.37. The number of ether oxygens (including phenoxy) is 2. The van der Waals surface area contributed by atoms with Crippen LogP contribution >= 0.6 is 0 Å². The van der Waals surface area contributed by atoms with E-state index in [2.05, 4.69) is 17.4 Å². The van der Waals surface area contributed by atoms with Gasteiger partial charge in [0.15, 0.2) is 0 Å². The lowest BCUT2D eigenvalue weighted by atomic mass is 10.0. The van der Waals surface area contributed by atoms with Gasteiger partial charge >= 0.3 is 0 Å². The second-order valence-electron chi connectivity index (χ2n) is 5.56. The standard InChI is InChI=1S/C16H23NO2/c1-2-7-16-13(5-1)11-15(19-16)12-18-10-8-14-6-3-4-9-17-14/h1-2,5,7,14-15,17H,3-4,6,8-12H2. The molecular formula is C16H23NO2. The Morgan fingerprint density at radius 1 is 1.26 bits per heavy atom. The first kappa shape index (κ1) is 12.9. The SMILES string of the molecule is c1ccc2c(c1)CC(COCCC1CCCCN1)O2. The van der Waals surface area contributed by atoms with Crippen LogP contribution < -0.4 is 10.1 Å². The fourth-order valence-electron chi connectivity index (χ4n) is 2.96. The summed E-state index contributed by atoms with van der Waals surface area (Å²) in [6, 6.07) is 8.94. The molecule has 0 amide bonds. The molecule has 3 heteroatoms. The Hall–Kier alpha value is -1.06. The number of benzene rings is 1. The maximum atomic E-state index is 5.86. The van der Waals surface area contributed by atoms with Gasteiger partial charge in [-0.05, 0) is 37.4 Å². The minimum atomic E-state index is 0.205. The van der Waals surface area contributed by atoms with Crippen molar-refractivity contribution in [2.24, 2.45) is 0 Å². The largest absolute Gasteiger partial charge is 0.487 e. The van der Waals surface area contributed by atoms with Gasteiger partial charge in [0.25, 0.3) is 0 Å². The van der Waals surface area contributed by atoms with Crippen molar-refractivity contribution in [1.82, 2.24) is 5.32 Å². The van der Waals surface area contributed by atoms with Crippen LogP contribution in [0.4, 0.5) is 0 Å². The molecule has 3 nitrogen and oxygen atoms in total. The average molecular weight is 261 g/mol. The van der Waals surface area contributed by atoms with E-state index < -0.39 is 0 Å². The molecule has 104 valence electrons. The van der Waals surface area contributed by atoms with Gasteiger partial charge in [-0.2, -0.15) is 0 Å². The zero-order valence-electron chi connectivity index (χ0n) is 11.4. The predicted molar refractivity (Wildman–Crippen MR) is 75.6 cm³/mol. The molecule has 1 aromatic carbocycles. The van der Waals surface area contributed by atoms with Crippen LogP contribution in [0, 0.1) is 0 Å². The smallest absolute Gasteiger partial charge is 0.126 e. The Morgan fingerprint density at radius 2 is 2.21 bits per heavy atom. The van der Waals surface area contributed by atoms with E-state index in [0.29, 0.717) is 12.6 Å². The minimum absolute atomic E-state index is 0.205. The fourth-order valence-corrected chi connectivity index (χ4v) is 2.96. The summed E-state index contributed by atoms with van der Waals surface area (Å²) < 4.78 is 11.6. The first-order valence-corrected chi connectivity index (χ1v) is 7.47. The molecule has 0 radical (unpaired) electrons.